The molecular formula is C15H21N3O3S. The SMILES string of the molecule is CS(=O)(=O)N[C@@H]1CCN(C(=O)C2CC2)[C@H]1Cc1ccncc1. The van der Waals surface area contributed by atoms with Crippen molar-refractivity contribution in [3.05, 3.63) is 30.1 Å². The molecule has 0 aromatic carbocycles. The molecule has 7 heteroatoms. The van der Waals surface area contributed by atoms with Crippen molar-refractivity contribution in [2.75, 3.05) is 12.8 Å². The minimum absolute atomic E-state index is 0.120. The molecule has 22 heavy (non-hydrogen) atoms. The third kappa shape index (κ3) is 3.64. The number of pyridine rings is 1. The zero-order chi connectivity index (χ0) is 15.7. The van der Waals surface area contributed by atoms with Gasteiger partial charge in [-0.2, -0.15) is 0 Å². The Morgan fingerprint density at radius 3 is 2.59 bits per heavy atom. The molecule has 2 heterocycles. The van der Waals surface area contributed by atoms with Crippen LogP contribution in [0.5, 0.6) is 0 Å². The smallest absolute Gasteiger partial charge is 0.225 e. The first-order valence-corrected chi connectivity index (χ1v) is 9.50. The average molecular weight is 323 g/mol. The maximum Gasteiger partial charge on any atom is 0.225 e. The Bertz CT molecular complexity index is 643. The fourth-order valence-corrected chi connectivity index (χ4v) is 3.94. The molecule has 1 aliphatic heterocycles. The van der Waals surface area contributed by atoms with Gasteiger partial charge >= 0.3 is 0 Å². The van der Waals surface area contributed by atoms with Crippen LogP contribution >= 0.6 is 0 Å². The Morgan fingerprint density at radius 2 is 2.00 bits per heavy atom. The van der Waals surface area contributed by atoms with Crippen molar-refractivity contribution in [3.8, 4) is 0 Å². The zero-order valence-corrected chi connectivity index (χ0v) is 13.4. The van der Waals surface area contributed by atoms with Crippen LogP contribution in [0.15, 0.2) is 24.5 Å². The van der Waals surface area contributed by atoms with Gasteiger partial charge in [0.25, 0.3) is 0 Å². The summed E-state index contributed by atoms with van der Waals surface area (Å²) in [5.41, 5.74) is 1.07. The second kappa shape index (κ2) is 5.96. The Kier molecular flexibility index (Phi) is 4.18. The van der Waals surface area contributed by atoms with Crippen LogP contribution in [0.2, 0.25) is 0 Å². The molecule has 0 spiro atoms. The maximum absolute atomic E-state index is 12.5. The van der Waals surface area contributed by atoms with E-state index >= 15 is 0 Å². The highest BCUT2D eigenvalue weighted by molar-refractivity contribution is 7.88. The number of hydrogen-bond acceptors (Lipinski definition) is 4. The number of sulfonamides is 1. The summed E-state index contributed by atoms with van der Waals surface area (Å²) in [6.45, 7) is 0.623. The molecule has 3 rings (SSSR count). The molecule has 1 saturated carbocycles. The normalized spacial score (nSPS) is 25.4. The molecule has 1 amide bonds. The second-order valence-electron chi connectivity index (χ2n) is 6.22. The minimum Gasteiger partial charge on any atom is -0.337 e. The van der Waals surface area contributed by atoms with Crippen molar-refractivity contribution >= 4 is 15.9 Å². The molecule has 0 radical (unpaired) electrons. The molecule has 120 valence electrons. The van der Waals surface area contributed by atoms with E-state index in [0.717, 1.165) is 18.4 Å². The van der Waals surface area contributed by atoms with Gasteiger partial charge in [-0.15, -0.1) is 0 Å². The number of aromatic nitrogens is 1. The molecule has 0 unspecified atom stereocenters. The average Bonchev–Trinajstić information content (AvgIpc) is 3.24. The molecule has 1 aromatic rings. The van der Waals surface area contributed by atoms with Gasteiger partial charge < -0.3 is 4.90 Å². The van der Waals surface area contributed by atoms with Crippen molar-refractivity contribution in [2.45, 2.75) is 37.8 Å². The van der Waals surface area contributed by atoms with Crippen LogP contribution in [0.3, 0.4) is 0 Å². The Morgan fingerprint density at radius 1 is 1.32 bits per heavy atom. The maximum atomic E-state index is 12.5. The predicted octanol–water partition coefficient (Wildman–Crippen LogP) is 0.553. The summed E-state index contributed by atoms with van der Waals surface area (Å²) in [6.07, 6.45) is 7.84. The number of amides is 1. The molecule has 6 nitrogen and oxygen atoms in total. The molecule has 1 aromatic heterocycles. The van der Waals surface area contributed by atoms with E-state index in [0.29, 0.717) is 19.4 Å². The number of nitrogens with one attached hydrogen (secondary N) is 1. The second-order valence-corrected chi connectivity index (χ2v) is 8.00. The van der Waals surface area contributed by atoms with Gasteiger partial charge in [0, 0.05) is 30.9 Å². The lowest BCUT2D eigenvalue weighted by molar-refractivity contribution is -0.133. The highest BCUT2D eigenvalue weighted by atomic mass is 32.2. The van der Waals surface area contributed by atoms with Gasteiger partial charge in [0.15, 0.2) is 0 Å². The standard InChI is InChI=1S/C15H21N3O3S/c1-22(20,21)17-13-6-9-18(15(19)12-2-3-12)14(13)10-11-4-7-16-8-5-11/h4-5,7-8,12-14,17H,2-3,6,9-10H2,1H3/t13-,14+/m1/s1. The summed E-state index contributed by atoms with van der Waals surface area (Å²) in [5.74, 6) is 0.328. The van der Waals surface area contributed by atoms with Gasteiger partial charge in [-0.1, -0.05) is 0 Å². The van der Waals surface area contributed by atoms with Crippen LogP contribution in [-0.4, -0.2) is 49.1 Å². The van der Waals surface area contributed by atoms with E-state index in [2.05, 4.69) is 9.71 Å². The summed E-state index contributed by atoms with van der Waals surface area (Å²) < 4.78 is 25.9. The van der Waals surface area contributed by atoms with Crippen molar-refractivity contribution in [3.63, 3.8) is 0 Å². The van der Waals surface area contributed by atoms with Gasteiger partial charge in [-0.05, 0) is 43.4 Å². The summed E-state index contributed by atoms with van der Waals surface area (Å²) >= 11 is 0. The quantitative estimate of drug-likeness (QED) is 0.858. The molecule has 1 saturated heterocycles. The number of rotatable bonds is 5. The van der Waals surface area contributed by atoms with Crippen molar-refractivity contribution in [2.24, 2.45) is 5.92 Å². The summed E-state index contributed by atoms with van der Waals surface area (Å²) in [7, 11) is -3.29. The van der Waals surface area contributed by atoms with Gasteiger partial charge in [0.1, 0.15) is 0 Å². The summed E-state index contributed by atoms with van der Waals surface area (Å²) in [4.78, 5) is 18.3. The van der Waals surface area contributed by atoms with E-state index in [-0.39, 0.29) is 23.9 Å². The van der Waals surface area contributed by atoms with Gasteiger partial charge in [0.05, 0.1) is 12.3 Å². The lowest BCUT2D eigenvalue weighted by Gasteiger charge is -2.28. The number of hydrogen-bond donors (Lipinski definition) is 1. The molecule has 2 atom stereocenters. The Labute approximate surface area is 131 Å². The van der Waals surface area contributed by atoms with Crippen LogP contribution in [-0.2, 0) is 21.2 Å². The number of likely N-dealkylation sites (tertiary alicyclic amines) is 1. The molecule has 1 N–H and O–H groups in total. The molecular weight excluding hydrogens is 302 g/mol. The first-order valence-electron chi connectivity index (χ1n) is 7.61. The fraction of sp³-hybridized carbons (Fsp3) is 0.600. The Balaban J connectivity index is 1.80. The monoisotopic (exact) mass is 323 g/mol. The Hall–Kier alpha value is -1.47. The van der Waals surface area contributed by atoms with Crippen LogP contribution < -0.4 is 4.72 Å². The van der Waals surface area contributed by atoms with Gasteiger partial charge in [-0.25, -0.2) is 13.1 Å². The van der Waals surface area contributed by atoms with Gasteiger partial charge in [-0.3, -0.25) is 9.78 Å². The van der Waals surface area contributed by atoms with E-state index in [9.17, 15) is 13.2 Å². The molecule has 0 bridgehead atoms. The van der Waals surface area contributed by atoms with Crippen LogP contribution in [0, 0.1) is 5.92 Å². The van der Waals surface area contributed by atoms with Crippen LogP contribution in [0.4, 0.5) is 0 Å². The highest BCUT2D eigenvalue weighted by Gasteiger charge is 2.43. The number of carbonyl (C=O) groups excluding carboxylic acids is 1. The van der Waals surface area contributed by atoms with Crippen LogP contribution in [0.25, 0.3) is 0 Å². The summed E-state index contributed by atoms with van der Waals surface area (Å²) in [6, 6.07) is 3.49. The first kappa shape index (κ1) is 15.4. The lowest BCUT2D eigenvalue weighted by Crippen LogP contribution is -2.48. The third-order valence-electron chi connectivity index (χ3n) is 4.32. The first-order chi connectivity index (χ1) is 10.4. The zero-order valence-electron chi connectivity index (χ0n) is 12.6. The van der Waals surface area contributed by atoms with Gasteiger partial charge in [0.2, 0.25) is 15.9 Å². The predicted molar refractivity (Wildman–Crippen MR) is 82.6 cm³/mol. The van der Waals surface area contributed by atoms with Crippen LogP contribution in [0.1, 0.15) is 24.8 Å². The third-order valence-corrected chi connectivity index (χ3v) is 5.05. The van der Waals surface area contributed by atoms with E-state index in [1.54, 1.807) is 12.4 Å². The van der Waals surface area contributed by atoms with Crippen molar-refractivity contribution in [1.82, 2.24) is 14.6 Å². The molecule has 2 fully saturated rings. The van der Waals surface area contributed by atoms with E-state index < -0.39 is 10.0 Å². The highest BCUT2D eigenvalue weighted by Crippen LogP contribution is 2.34. The van der Waals surface area contributed by atoms with E-state index in [1.165, 1.54) is 6.26 Å². The minimum atomic E-state index is -3.29. The lowest BCUT2D eigenvalue weighted by atomic mass is 10.0. The largest absolute Gasteiger partial charge is 0.337 e. The molecule has 1 aliphatic carbocycles. The van der Waals surface area contributed by atoms with Crippen molar-refractivity contribution in [1.29, 1.82) is 0 Å². The summed E-state index contributed by atoms with van der Waals surface area (Å²) in [5, 5.41) is 0. The molecule has 2 aliphatic rings. The fourth-order valence-electron chi connectivity index (χ4n) is 3.12. The van der Waals surface area contributed by atoms with E-state index in [1.807, 2.05) is 17.0 Å². The van der Waals surface area contributed by atoms with Crippen molar-refractivity contribution < 1.29 is 13.2 Å². The number of carbonyl (C=O) groups is 1. The number of nitrogens with zero attached hydrogens (tertiary/aromatic N) is 2. The van der Waals surface area contributed by atoms with E-state index in [4.69, 9.17) is 0 Å². The topological polar surface area (TPSA) is 79.4 Å².